The van der Waals surface area contributed by atoms with Gasteiger partial charge < -0.3 is 9.47 Å². The number of halogens is 3. The van der Waals surface area contributed by atoms with E-state index in [2.05, 4.69) is 9.47 Å². The van der Waals surface area contributed by atoms with E-state index in [-0.39, 0.29) is 6.61 Å². The molecule has 1 rings (SSSR count). The van der Waals surface area contributed by atoms with Crippen molar-refractivity contribution in [2.24, 2.45) is 0 Å². The Hall–Kier alpha value is -1.56. The van der Waals surface area contributed by atoms with Crippen LogP contribution in [-0.2, 0) is 20.9 Å². The van der Waals surface area contributed by atoms with E-state index in [1.165, 1.54) is 0 Å². The molecule has 0 amide bonds. The summed E-state index contributed by atoms with van der Waals surface area (Å²) in [6.45, 7) is -0.305. The minimum Gasteiger partial charge on any atom is -0.467 e. The summed E-state index contributed by atoms with van der Waals surface area (Å²) in [5, 5.41) is 0. The molecule has 1 aromatic carbocycles. The minimum atomic E-state index is -4.78. The van der Waals surface area contributed by atoms with Gasteiger partial charge in [0.05, 0.1) is 13.7 Å². The summed E-state index contributed by atoms with van der Waals surface area (Å²) in [4.78, 5) is 10.9. The van der Waals surface area contributed by atoms with Crippen LogP contribution < -0.4 is 0 Å². The van der Waals surface area contributed by atoms with Crippen LogP contribution in [0.3, 0.4) is 0 Å². The number of hydrogen-bond donors (Lipinski definition) is 0. The molecule has 0 heterocycles. The highest BCUT2D eigenvalue weighted by Crippen LogP contribution is 2.24. The van der Waals surface area contributed by atoms with Crippen molar-refractivity contribution >= 4 is 5.97 Å². The van der Waals surface area contributed by atoms with Crippen molar-refractivity contribution in [2.45, 2.75) is 18.9 Å². The molecule has 1 atom stereocenters. The van der Waals surface area contributed by atoms with Gasteiger partial charge in [0, 0.05) is 0 Å². The smallest absolute Gasteiger partial charge is 0.425 e. The van der Waals surface area contributed by atoms with Crippen molar-refractivity contribution < 1.29 is 27.4 Å². The van der Waals surface area contributed by atoms with Crippen molar-refractivity contribution in [3.8, 4) is 0 Å². The van der Waals surface area contributed by atoms with Gasteiger partial charge in [-0.05, 0) is 5.56 Å². The lowest BCUT2D eigenvalue weighted by Gasteiger charge is -2.18. The van der Waals surface area contributed by atoms with Crippen molar-refractivity contribution in [3.05, 3.63) is 35.9 Å². The second kappa shape index (κ2) is 5.67. The molecular formula is C11H11F3O3. The molecule has 0 saturated heterocycles. The third kappa shape index (κ3) is 4.07. The SMILES string of the molecule is COC(=O)[C@@H](OCc1ccccc1)C(F)(F)F. The molecular weight excluding hydrogens is 237 g/mol. The van der Waals surface area contributed by atoms with Gasteiger partial charge in [-0.3, -0.25) is 0 Å². The first-order valence-electron chi connectivity index (χ1n) is 4.75. The number of ether oxygens (including phenoxy) is 2. The van der Waals surface area contributed by atoms with Crippen LogP contribution in [0.15, 0.2) is 30.3 Å². The van der Waals surface area contributed by atoms with Crippen LogP contribution in [-0.4, -0.2) is 25.4 Å². The lowest BCUT2D eigenvalue weighted by atomic mass is 10.2. The second-order valence-corrected chi connectivity index (χ2v) is 3.24. The zero-order chi connectivity index (χ0) is 12.9. The van der Waals surface area contributed by atoms with Gasteiger partial charge in [-0.25, -0.2) is 4.79 Å². The molecule has 1 aromatic rings. The van der Waals surface area contributed by atoms with Crippen LogP contribution in [0.5, 0.6) is 0 Å². The summed E-state index contributed by atoms with van der Waals surface area (Å²) in [5.41, 5.74) is 0.547. The number of rotatable bonds is 4. The van der Waals surface area contributed by atoms with Crippen LogP contribution >= 0.6 is 0 Å². The topological polar surface area (TPSA) is 35.5 Å². The Balaban J connectivity index is 2.65. The molecule has 0 spiro atoms. The van der Waals surface area contributed by atoms with Crippen molar-refractivity contribution in [2.75, 3.05) is 7.11 Å². The molecule has 0 saturated carbocycles. The maximum Gasteiger partial charge on any atom is 0.425 e. The van der Waals surface area contributed by atoms with E-state index in [0.717, 1.165) is 7.11 Å². The second-order valence-electron chi connectivity index (χ2n) is 3.24. The van der Waals surface area contributed by atoms with Gasteiger partial charge in [0.2, 0.25) is 0 Å². The van der Waals surface area contributed by atoms with E-state index in [4.69, 9.17) is 0 Å². The number of hydrogen-bond acceptors (Lipinski definition) is 3. The summed E-state index contributed by atoms with van der Waals surface area (Å²) >= 11 is 0. The molecule has 0 unspecified atom stereocenters. The third-order valence-electron chi connectivity index (χ3n) is 1.97. The van der Waals surface area contributed by atoms with E-state index in [1.807, 2.05) is 0 Å². The summed E-state index contributed by atoms with van der Waals surface area (Å²) in [5.74, 6) is -1.45. The van der Waals surface area contributed by atoms with Crippen LogP contribution in [0.2, 0.25) is 0 Å². The fourth-order valence-corrected chi connectivity index (χ4v) is 1.16. The van der Waals surface area contributed by atoms with Gasteiger partial charge in [0.15, 0.2) is 0 Å². The van der Waals surface area contributed by atoms with Gasteiger partial charge in [0.25, 0.3) is 6.10 Å². The Labute approximate surface area is 96.1 Å². The highest BCUT2D eigenvalue weighted by atomic mass is 19.4. The predicted octanol–water partition coefficient (Wildman–Crippen LogP) is 2.31. The molecule has 0 bridgehead atoms. The zero-order valence-electron chi connectivity index (χ0n) is 9.03. The molecule has 0 radical (unpaired) electrons. The van der Waals surface area contributed by atoms with Crippen LogP contribution in [0.1, 0.15) is 5.56 Å². The molecule has 0 fully saturated rings. The van der Waals surface area contributed by atoms with E-state index >= 15 is 0 Å². The number of esters is 1. The van der Waals surface area contributed by atoms with Crippen molar-refractivity contribution in [1.29, 1.82) is 0 Å². The molecule has 0 aliphatic rings. The number of carbonyl (C=O) groups is 1. The Morgan fingerprint density at radius 2 is 1.88 bits per heavy atom. The van der Waals surface area contributed by atoms with Crippen LogP contribution in [0, 0.1) is 0 Å². The number of benzene rings is 1. The molecule has 17 heavy (non-hydrogen) atoms. The standard InChI is InChI=1S/C11H11F3O3/c1-16-10(15)9(11(12,13)14)17-7-8-5-3-2-4-6-8/h2-6,9H,7H2,1H3/t9-/m1/s1. The Morgan fingerprint density at radius 3 is 2.35 bits per heavy atom. The first-order chi connectivity index (χ1) is 7.95. The molecule has 0 aromatic heterocycles. The first kappa shape index (κ1) is 13.5. The Morgan fingerprint density at radius 1 is 1.29 bits per heavy atom. The number of carbonyl (C=O) groups excluding carboxylic acids is 1. The van der Waals surface area contributed by atoms with Gasteiger partial charge in [-0.15, -0.1) is 0 Å². The Kier molecular flexibility index (Phi) is 4.51. The molecule has 0 N–H and O–H groups in total. The minimum absolute atomic E-state index is 0.305. The predicted molar refractivity (Wildman–Crippen MR) is 53.1 cm³/mol. The number of methoxy groups -OCH3 is 1. The average molecular weight is 248 g/mol. The van der Waals surface area contributed by atoms with Gasteiger partial charge in [0.1, 0.15) is 0 Å². The molecule has 6 heteroatoms. The summed E-state index contributed by atoms with van der Waals surface area (Å²) < 4.78 is 45.9. The number of alkyl halides is 3. The van der Waals surface area contributed by atoms with Crippen LogP contribution in [0.4, 0.5) is 13.2 Å². The van der Waals surface area contributed by atoms with Gasteiger partial charge in [-0.1, -0.05) is 30.3 Å². The summed E-state index contributed by atoms with van der Waals surface area (Å²) in [7, 11) is 0.882. The highest BCUT2D eigenvalue weighted by molar-refractivity contribution is 5.75. The molecule has 94 valence electrons. The van der Waals surface area contributed by atoms with E-state index < -0.39 is 18.2 Å². The molecule has 0 aliphatic carbocycles. The molecule has 0 aliphatic heterocycles. The first-order valence-corrected chi connectivity index (χ1v) is 4.75. The fourth-order valence-electron chi connectivity index (χ4n) is 1.16. The van der Waals surface area contributed by atoms with Crippen LogP contribution in [0.25, 0.3) is 0 Å². The fraction of sp³-hybridized carbons (Fsp3) is 0.364. The summed E-state index contributed by atoms with van der Waals surface area (Å²) in [6.07, 6.45) is -7.32. The van der Waals surface area contributed by atoms with Crippen molar-refractivity contribution in [1.82, 2.24) is 0 Å². The molecule has 3 nitrogen and oxygen atoms in total. The van der Waals surface area contributed by atoms with Gasteiger partial charge in [-0.2, -0.15) is 13.2 Å². The van der Waals surface area contributed by atoms with E-state index in [0.29, 0.717) is 5.56 Å². The normalized spacial score (nSPS) is 13.2. The average Bonchev–Trinajstić information content (AvgIpc) is 2.28. The monoisotopic (exact) mass is 248 g/mol. The van der Waals surface area contributed by atoms with Crippen molar-refractivity contribution in [3.63, 3.8) is 0 Å². The lowest BCUT2D eigenvalue weighted by molar-refractivity contribution is -0.231. The summed E-state index contributed by atoms with van der Waals surface area (Å²) in [6, 6.07) is 8.26. The van der Waals surface area contributed by atoms with Gasteiger partial charge >= 0.3 is 12.1 Å². The van der Waals surface area contributed by atoms with E-state index in [9.17, 15) is 18.0 Å². The largest absolute Gasteiger partial charge is 0.467 e. The lowest BCUT2D eigenvalue weighted by Crippen LogP contribution is -2.39. The maximum absolute atomic E-state index is 12.4. The zero-order valence-corrected chi connectivity index (χ0v) is 9.03. The quantitative estimate of drug-likeness (QED) is 0.767. The highest BCUT2D eigenvalue weighted by Gasteiger charge is 2.47. The maximum atomic E-state index is 12.4. The Bertz CT molecular complexity index is 362. The third-order valence-corrected chi connectivity index (χ3v) is 1.97. The van der Waals surface area contributed by atoms with E-state index in [1.54, 1.807) is 30.3 Å².